The molecular formula is C11H19N3O2S2. The Kier molecular flexibility index (Phi) is 6.07. The van der Waals surface area contributed by atoms with Gasteiger partial charge in [-0.1, -0.05) is 0 Å². The molecule has 3 atom stereocenters. The number of carbonyl (C=O) groups excluding carboxylic acids is 1. The SMILES string of the molecule is CSC(CO)C(C)NC(=O)c1csc(C(C)N)n1. The monoisotopic (exact) mass is 289 g/mol. The van der Waals surface area contributed by atoms with E-state index in [1.165, 1.54) is 23.1 Å². The van der Waals surface area contributed by atoms with Crippen LogP contribution in [0.3, 0.4) is 0 Å². The lowest BCUT2D eigenvalue weighted by atomic mass is 10.2. The summed E-state index contributed by atoms with van der Waals surface area (Å²) in [4.78, 5) is 16.1. The first-order valence-electron chi connectivity index (χ1n) is 5.65. The van der Waals surface area contributed by atoms with Gasteiger partial charge in [0.2, 0.25) is 0 Å². The van der Waals surface area contributed by atoms with Crippen LogP contribution < -0.4 is 11.1 Å². The average Bonchev–Trinajstić information content (AvgIpc) is 2.79. The maximum Gasteiger partial charge on any atom is 0.271 e. The first kappa shape index (κ1) is 15.4. The van der Waals surface area contributed by atoms with Crippen LogP contribution in [0.2, 0.25) is 0 Å². The second-order valence-electron chi connectivity index (χ2n) is 4.08. The molecule has 5 nitrogen and oxygen atoms in total. The zero-order valence-electron chi connectivity index (χ0n) is 10.7. The topological polar surface area (TPSA) is 88.2 Å². The lowest BCUT2D eigenvalue weighted by molar-refractivity contribution is 0.0931. The van der Waals surface area contributed by atoms with Crippen molar-refractivity contribution in [2.24, 2.45) is 5.73 Å². The Morgan fingerprint density at radius 1 is 1.67 bits per heavy atom. The molecule has 0 radical (unpaired) electrons. The summed E-state index contributed by atoms with van der Waals surface area (Å²) in [5.74, 6) is -0.224. The molecule has 1 heterocycles. The number of nitrogens with zero attached hydrogens (tertiary/aromatic N) is 1. The van der Waals surface area contributed by atoms with E-state index < -0.39 is 0 Å². The second-order valence-corrected chi connectivity index (χ2v) is 6.05. The van der Waals surface area contributed by atoms with Crippen molar-refractivity contribution in [1.82, 2.24) is 10.3 Å². The molecule has 4 N–H and O–H groups in total. The summed E-state index contributed by atoms with van der Waals surface area (Å²) >= 11 is 2.90. The minimum absolute atomic E-state index is 0.0134. The summed E-state index contributed by atoms with van der Waals surface area (Å²) in [6.45, 7) is 3.73. The molecule has 0 saturated carbocycles. The van der Waals surface area contributed by atoms with E-state index in [4.69, 9.17) is 10.8 Å². The number of aliphatic hydroxyl groups excluding tert-OH is 1. The normalized spacial score (nSPS) is 16.1. The number of carbonyl (C=O) groups is 1. The number of aliphatic hydroxyl groups is 1. The van der Waals surface area contributed by atoms with Crippen molar-refractivity contribution in [2.45, 2.75) is 31.2 Å². The van der Waals surface area contributed by atoms with Gasteiger partial charge in [-0.25, -0.2) is 4.98 Å². The molecule has 0 spiro atoms. The molecule has 1 aromatic rings. The molecule has 0 aromatic carbocycles. The van der Waals surface area contributed by atoms with E-state index in [0.29, 0.717) is 5.69 Å². The highest BCUT2D eigenvalue weighted by molar-refractivity contribution is 7.99. The minimum Gasteiger partial charge on any atom is -0.395 e. The fourth-order valence-electron chi connectivity index (χ4n) is 1.41. The highest BCUT2D eigenvalue weighted by Gasteiger charge is 2.20. The Bertz CT molecular complexity index is 391. The average molecular weight is 289 g/mol. The number of thioether (sulfide) groups is 1. The number of amides is 1. The number of nitrogens with two attached hydrogens (primary N) is 1. The number of hydrogen-bond donors (Lipinski definition) is 3. The van der Waals surface area contributed by atoms with Gasteiger partial charge in [0.15, 0.2) is 0 Å². The molecule has 1 rings (SSSR count). The van der Waals surface area contributed by atoms with Crippen LogP contribution in [0, 0.1) is 0 Å². The molecule has 0 aliphatic carbocycles. The zero-order valence-corrected chi connectivity index (χ0v) is 12.3. The van der Waals surface area contributed by atoms with E-state index in [1.54, 1.807) is 5.38 Å². The van der Waals surface area contributed by atoms with Gasteiger partial charge in [0, 0.05) is 16.7 Å². The van der Waals surface area contributed by atoms with E-state index in [0.717, 1.165) is 5.01 Å². The Hall–Kier alpha value is -0.630. The molecular weight excluding hydrogens is 270 g/mol. The van der Waals surface area contributed by atoms with Gasteiger partial charge >= 0.3 is 0 Å². The van der Waals surface area contributed by atoms with Crippen LogP contribution in [0.15, 0.2) is 5.38 Å². The Balaban J connectivity index is 2.64. The Labute approximate surface area is 115 Å². The van der Waals surface area contributed by atoms with Crippen LogP contribution in [-0.4, -0.2) is 40.2 Å². The zero-order chi connectivity index (χ0) is 13.7. The van der Waals surface area contributed by atoms with Gasteiger partial charge in [-0.2, -0.15) is 11.8 Å². The molecule has 0 saturated heterocycles. The molecule has 1 aromatic heterocycles. The van der Waals surface area contributed by atoms with Crippen molar-refractivity contribution in [3.05, 3.63) is 16.1 Å². The van der Waals surface area contributed by atoms with Crippen LogP contribution in [0.4, 0.5) is 0 Å². The van der Waals surface area contributed by atoms with Crippen LogP contribution >= 0.6 is 23.1 Å². The molecule has 0 aliphatic rings. The smallest absolute Gasteiger partial charge is 0.271 e. The van der Waals surface area contributed by atoms with Crippen molar-refractivity contribution in [2.75, 3.05) is 12.9 Å². The van der Waals surface area contributed by atoms with E-state index in [9.17, 15) is 4.79 Å². The molecule has 0 aliphatic heterocycles. The summed E-state index contributed by atoms with van der Waals surface area (Å²) < 4.78 is 0. The predicted octanol–water partition coefficient (Wildman–Crippen LogP) is 1.00. The van der Waals surface area contributed by atoms with Gasteiger partial charge in [0.05, 0.1) is 12.6 Å². The van der Waals surface area contributed by atoms with Crippen LogP contribution in [0.1, 0.15) is 35.4 Å². The summed E-state index contributed by atoms with van der Waals surface area (Å²) in [5.41, 5.74) is 6.09. The lowest BCUT2D eigenvalue weighted by Crippen LogP contribution is -2.41. The lowest BCUT2D eigenvalue weighted by Gasteiger charge is -2.20. The van der Waals surface area contributed by atoms with E-state index in [2.05, 4.69) is 10.3 Å². The van der Waals surface area contributed by atoms with Gasteiger partial charge in [-0.05, 0) is 20.1 Å². The van der Waals surface area contributed by atoms with Crippen LogP contribution in [0.5, 0.6) is 0 Å². The van der Waals surface area contributed by atoms with E-state index in [1.807, 2.05) is 20.1 Å². The van der Waals surface area contributed by atoms with Gasteiger partial charge < -0.3 is 16.2 Å². The molecule has 18 heavy (non-hydrogen) atoms. The highest BCUT2D eigenvalue weighted by Crippen LogP contribution is 2.16. The van der Waals surface area contributed by atoms with Gasteiger partial charge in [-0.3, -0.25) is 4.79 Å². The largest absolute Gasteiger partial charge is 0.395 e. The fourth-order valence-corrected chi connectivity index (χ4v) is 2.79. The van der Waals surface area contributed by atoms with Crippen LogP contribution in [0.25, 0.3) is 0 Å². The quantitative estimate of drug-likeness (QED) is 0.727. The third-order valence-electron chi connectivity index (χ3n) is 2.54. The molecule has 102 valence electrons. The summed E-state index contributed by atoms with van der Waals surface area (Å²) in [7, 11) is 0. The molecule has 0 fully saturated rings. The van der Waals surface area contributed by atoms with E-state index in [-0.39, 0.29) is 29.8 Å². The number of thiazole rings is 1. The highest BCUT2D eigenvalue weighted by atomic mass is 32.2. The number of aromatic nitrogens is 1. The van der Waals surface area contributed by atoms with Crippen molar-refractivity contribution in [3.8, 4) is 0 Å². The maximum atomic E-state index is 11.9. The molecule has 3 unspecified atom stereocenters. The second kappa shape index (κ2) is 7.08. The van der Waals surface area contributed by atoms with Crippen LogP contribution in [-0.2, 0) is 0 Å². The predicted molar refractivity (Wildman–Crippen MR) is 76.0 cm³/mol. The van der Waals surface area contributed by atoms with Gasteiger partial charge in [-0.15, -0.1) is 11.3 Å². The number of rotatable bonds is 6. The Morgan fingerprint density at radius 3 is 2.78 bits per heavy atom. The number of nitrogens with one attached hydrogen (secondary N) is 1. The standard InChI is InChI=1S/C11H19N3O2S2/c1-6(12)11-14-8(5-18-11)10(16)13-7(2)9(4-15)17-3/h5-7,9,15H,4,12H2,1-3H3,(H,13,16). The van der Waals surface area contributed by atoms with Crippen molar-refractivity contribution in [3.63, 3.8) is 0 Å². The third-order valence-corrected chi connectivity index (χ3v) is 4.75. The fraction of sp³-hybridized carbons (Fsp3) is 0.636. The summed E-state index contributed by atoms with van der Waals surface area (Å²) in [5, 5.41) is 14.4. The molecule has 1 amide bonds. The van der Waals surface area contributed by atoms with Crippen molar-refractivity contribution >= 4 is 29.0 Å². The van der Waals surface area contributed by atoms with Gasteiger partial charge in [0.1, 0.15) is 10.7 Å². The third kappa shape index (κ3) is 3.94. The van der Waals surface area contributed by atoms with Crippen molar-refractivity contribution in [1.29, 1.82) is 0 Å². The maximum absolute atomic E-state index is 11.9. The molecule has 0 bridgehead atoms. The Morgan fingerprint density at radius 2 is 2.33 bits per heavy atom. The first-order valence-corrected chi connectivity index (χ1v) is 7.81. The van der Waals surface area contributed by atoms with Crippen molar-refractivity contribution < 1.29 is 9.90 Å². The number of hydrogen-bond acceptors (Lipinski definition) is 6. The van der Waals surface area contributed by atoms with Gasteiger partial charge in [0.25, 0.3) is 5.91 Å². The summed E-state index contributed by atoms with van der Waals surface area (Å²) in [6, 6.07) is -0.275. The first-order chi connectivity index (χ1) is 8.49. The van der Waals surface area contributed by atoms with E-state index >= 15 is 0 Å². The summed E-state index contributed by atoms with van der Waals surface area (Å²) in [6.07, 6.45) is 1.90. The minimum atomic E-state index is -0.224. The molecule has 7 heteroatoms.